The molecular weight excluding hydrogens is 277 g/mol. The molecule has 0 amide bonds. The first-order valence-corrected chi connectivity index (χ1v) is 5.56. The van der Waals surface area contributed by atoms with Gasteiger partial charge in [-0.15, -0.1) is 12.4 Å². The first kappa shape index (κ1) is 12.8. The highest BCUT2D eigenvalue weighted by Crippen LogP contribution is 2.33. The number of aryl methyl sites for hydroxylation is 1. The maximum Gasteiger partial charge on any atom is 0.122 e. The molecule has 0 spiro atoms. The zero-order valence-electron chi connectivity index (χ0n) is 8.63. The summed E-state index contributed by atoms with van der Waals surface area (Å²) in [4.78, 5) is 0. The molecule has 0 saturated heterocycles. The van der Waals surface area contributed by atoms with Gasteiger partial charge in [-0.2, -0.15) is 0 Å². The van der Waals surface area contributed by atoms with Gasteiger partial charge in [0.25, 0.3) is 0 Å². The first-order chi connectivity index (χ1) is 6.59. The van der Waals surface area contributed by atoms with Crippen LogP contribution in [-0.2, 0) is 0 Å². The van der Waals surface area contributed by atoms with Crippen LogP contribution in [-0.4, -0.2) is 12.1 Å². The van der Waals surface area contributed by atoms with Crippen molar-refractivity contribution in [1.82, 2.24) is 0 Å². The van der Waals surface area contributed by atoms with Crippen molar-refractivity contribution < 1.29 is 4.74 Å². The van der Waals surface area contributed by atoms with Crippen LogP contribution in [0, 0.1) is 6.92 Å². The SMILES string of the molecule is Cc1cc(Br)ccc1OCC1(N)CC1.Cl. The van der Waals surface area contributed by atoms with Crippen molar-refractivity contribution in [3.63, 3.8) is 0 Å². The van der Waals surface area contributed by atoms with Crippen LogP contribution in [0.3, 0.4) is 0 Å². The van der Waals surface area contributed by atoms with Gasteiger partial charge in [0.05, 0.1) is 5.54 Å². The average molecular weight is 293 g/mol. The third-order valence-electron chi connectivity index (χ3n) is 2.54. The minimum atomic E-state index is -0.0421. The van der Waals surface area contributed by atoms with E-state index >= 15 is 0 Å². The predicted octanol–water partition coefficient (Wildman–Crippen LogP) is 3.05. The van der Waals surface area contributed by atoms with Crippen LogP contribution in [0.15, 0.2) is 22.7 Å². The van der Waals surface area contributed by atoms with Crippen molar-refractivity contribution in [1.29, 1.82) is 0 Å². The highest BCUT2D eigenvalue weighted by molar-refractivity contribution is 9.10. The zero-order valence-corrected chi connectivity index (χ0v) is 11.0. The molecular formula is C11H15BrClNO. The quantitative estimate of drug-likeness (QED) is 0.929. The van der Waals surface area contributed by atoms with Crippen molar-refractivity contribution in [2.75, 3.05) is 6.61 Å². The summed E-state index contributed by atoms with van der Waals surface area (Å²) in [5.41, 5.74) is 7.04. The largest absolute Gasteiger partial charge is 0.491 e. The van der Waals surface area contributed by atoms with Gasteiger partial charge < -0.3 is 10.5 Å². The summed E-state index contributed by atoms with van der Waals surface area (Å²) in [7, 11) is 0. The summed E-state index contributed by atoms with van der Waals surface area (Å²) < 4.78 is 6.75. The predicted molar refractivity (Wildman–Crippen MR) is 67.8 cm³/mol. The van der Waals surface area contributed by atoms with Crippen LogP contribution in [0.5, 0.6) is 5.75 Å². The fourth-order valence-electron chi connectivity index (χ4n) is 1.30. The van der Waals surface area contributed by atoms with Crippen molar-refractivity contribution in [3.05, 3.63) is 28.2 Å². The molecule has 84 valence electrons. The molecule has 0 unspecified atom stereocenters. The third-order valence-corrected chi connectivity index (χ3v) is 3.04. The minimum Gasteiger partial charge on any atom is -0.491 e. The van der Waals surface area contributed by atoms with Crippen LogP contribution in [0.1, 0.15) is 18.4 Å². The van der Waals surface area contributed by atoms with Gasteiger partial charge >= 0.3 is 0 Å². The van der Waals surface area contributed by atoms with E-state index in [1.165, 1.54) is 0 Å². The lowest BCUT2D eigenvalue weighted by Crippen LogP contribution is -2.29. The standard InChI is InChI=1S/C11H14BrNO.ClH/c1-8-6-9(12)2-3-10(8)14-7-11(13)4-5-11;/h2-3,6H,4-5,7,13H2,1H3;1H. The van der Waals surface area contributed by atoms with Crippen molar-refractivity contribution >= 4 is 28.3 Å². The molecule has 0 bridgehead atoms. The molecule has 1 aliphatic carbocycles. The summed E-state index contributed by atoms with van der Waals surface area (Å²) in [6, 6.07) is 6.01. The molecule has 4 heteroatoms. The van der Waals surface area contributed by atoms with Crippen molar-refractivity contribution in [2.45, 2.75) is 25.3 Å². The van der Waals surface area contributed by atoms with Crippen LogP contribution < -0.4 is 10.5 Å². The van der Waals surface area contributed by atoms with Crippen molar-refractivity contribution in [2.24, 2.45) is 5.73 Å². The van der Waals surface area contributed by atoms with Gasteiger partial charge in [0.15, 0.2) is 0 Å². The molecule has 0 aliphatic heterocycles. The van der Waals surface area contributed by atoms with Gasteiger partial charge in [0, 0.05) is 4.47 Å². The topological polar surface area (TPSA) is 35.2 Å². The molecule has 1 aliphatic rings. The molecule has 2 rings (SSSR count). The fraction of sp³-hybridized carbons (Fsp3) is 0.455. The summed E-state index contributed by atoms with van der Waals surface area (Å²) in [6.45, 7) is 2.67. The normalized spacial score (nSPS) is 16.7. The van der Waals surface area contributed by atoms with E-state index < -0.39 is 0 Å². The lowest BCUT2D eigenvalue weighted by Gasteiger charge is -2.13. The Balaban J connectivity index is 0.00000112. The Hall–Kier alpha value is -0.250. The van der Waals surface area contributed by atoms with Crippen LogP contribution in [0.2, 0.25) is 0 Å². The molecule has 0 heterocycles. The van der Waals surface area contributed by atoms with Gasteiger partial charge in [-0.1, -0.05) is 15.9 Å². The van der Waals surface area contributed by atoms with Gasteiger partial charge in [0.2, 0.25) is 0 Å². The lowest BCUT2D eigenvalue weighted by atomic mass is 10.2. The fourth-order valence-corrected chi connectivity index (χ4v) is 1.78. The number of halogens is 2. The molecule has 2 nitrogen and oxygen atoms in total. The molecule has 1 aromatic carbocycles. The van der Waals surface area contributed by atoms with E-state index in [4.69, 9.17) is 10.5 Å². The van der Waals surface area contributed by atoms with E-state index in [-0.39, 0.29) is 17.9 Å². The van der Waals surface area contributed by atoms with E-state index in [0.29, 0.717) is 6.61 Å². The van der Waals surface area contributed by atoms with Crippen molar-refractivity contribution in [3.8, 4) is 5.75 Å². The van der Waals surface area contributed by atoms with E-state index in [1.807, 2.05) is 25.1 Å². The second-order valence-corrected chi connectivity index (χ2v) is 4.98. The van der Waals surface area contributed by atoms with Crippen LogP contribution >= 0.6 is 28.3 Å². The molecule has 0 aromatic heterocycles. The van der Waals surface area contributed by atoms with Crippen LogP contribution in [0.4, 0.5) is 0 Å². The Bertz CT molecular complexity index is 352. The van der Waals surface area contributed by atoms with E-state index in [1.54, 1.807) is 0 Å². The molecule has 15 heavy (non-hydrogen) atoms. The zero-order chi connectivity index (χ0) is 10.2. The number of hydrogen-bond donors (Lipinski definition) is 1. The van der Waals surface area contributed by atoms with Gasteiger partial charge in [-0.05, 0) is 43.5 Å². The van der Waals surface area contributed by atoms with Gasteiger partial charge in [-0.25, -0.2) is 0 Å². The summed E-state index contributed by atoms with van der Waals surface area (Å²) in [5, 5.41) is 0. The Morgan fingerprint density at radius 3 is 2.67 bits per heavy atom. The minimum absolute atomic E-state index is 0. The Morgan fingerprint density at radius 1 is 1.47 bits per heavy atom. The van der Waals surface area contributed by atoms with Gasteiger partial charge in [-0.3, -0.25) is 0 Å². The van der Waals surface area contributed by atoms with E-state index in [0.717, 1.165) is 28.6 Å². The Labute approximate surface area is 105 Å². The van der Waals surface area contributed by atoms with Gasteiger partial charge in [0.1, 0.15) is 12.4 Å². The lowest BCUT2D eigenvalue weighted by molar-refractivity contribution is 0.278. The molecule has 2 N–H and O–H groups in total. The first-order valence-electron chi connectivity index (χ1n) is 4.77. The maximum absolute atomic E-state index is 5.94. The van der Waals surface area contributed by atoms with E-state index in [9.17, 15) is 0 Å². The molecule has 0 radical (unpaired) electrons. The molecule has 0 atom stereocenters. The second-order valence-electron chi connectivity index (χ2n) is 4.06. The second kappa shape index (κ2) is 4.73. The van der Waals surface area contributed by atoms with E-state index in [2.05, 4.69) is 15.9 Å². The Kier molecular flexibility index (Phi) is 4.04. The summed E-state index contributed by atoms with van der Waals surface area (Å²) in [6.07, 6.45) is 2.17. The molecule has 1 saturated carbocycles. The number of rotatable bonds is 3. The summed E-state index contributed by atoms with van der Waals surface area (Å²) >= 11 is 3.42. The Morgan fingerprint density at radius 2 is 2.13 bits per heavy atom. The number of hydrogen-bond acceptors (Lipinski definition) is 2. The molecule has 1 aromatic rings. The van der Waals surface area contributed by atoms with Crippen LogP contribution in [0.25, 0.3) is 0 Å². The summed E-state index contributed by atoms with van der Waals surface area (Å²) in [5.74, 6) is 0.935. The number of nitrogens with two attached hydrogens (primary N) is 1. The number of ether oxygens (including phenoxy) is 1. The monoisotopic (exact) mass is 291 g/mol. The highest BCUT2D eigenvalue weighted by Gasteiger charge is 2.39. The highest BCUT2D eigenvalue weighted by atomic mass is 79.9. The third kappa shape index (κ3) is 3.37. The number of benzene rings is 1. The molecule has 1 fully saturated rings. The average Bonchev–Trinajstić information content (AvgIpc) is 2.83. The smallest absolute Gasteiger partial charge is 0.122 e. The maximum atomic E-state index is 5.94.